The molecule has 1 rings (SSSR count). The first-order valence-electron chi connectivity index (χ1n) is 3.50. The van der Waals surface area contributed by atoms with E-state index in [1.165, 1.54) is 10.4 Å². The van der Waals surface area contributed by atoms with Crippen LogP contribution in [0.3, 0.4) is 0 Å². The number of hydrogen-bond acceptors (Lipinski definition) is 3. The molecule has 0 fully saturated rings. The summed E-state index contributed by atoms with van der Waals surface area (Å²) >= 11 is 1.68. The van der Waals surface area contributed by atoms with Gasteiger partial charge < -0.3 is 0 Å². The maximum absolute atomic E-state index is 5.17. The molecule has 2 nitrogen and oxygen atoms in total. The smallest absolute Gasteiger partial charge is 0.118 e. The molecule has 1 aromatic rings. The molecule has 0 bridgehead atoms. The molecule has 0 amide bonds. The lowest BCUT2D eigenvalue weighted by atomic mass is 10.0. The summed E-state index contributed by atoms with van der Waals surface area (Å²) in [5, 5.41) is 2.05. The Morgan fingerprint density at radius 2 is 2.18 bits per heavy atom. The van der Waals surface area contributed by atoms with Gasteiger partial charge in [0.2, 0.25) is 0 Å². The average Bonchev–Trinajstić information content (AvgIpc) is 2.36. The molecule has 0 aliphatic carbocycles. The fraction of sp³-hybridized carbons (Fsp3) is 0.500. The van der Waals surface area contributed by atoms with Crippen molar-refractivity contribution < 1.29 is 4.84 Å². The van der Waals surface area contributed by atoms with Gasteiger partial charge in [-0.15, -0.1) is 11.3 Å². The van der Waals surface area contributed by atoms with E-state index in [0.29, 0.717) is 0 Å². The van der Waals surface area contributed by atoms with E-state index in [2.05, 4.69) is 13.0 Å². The minimum Gasteiger partial charge on any atom is -0.293 e. The normalized spacial score (nSPS) is 12.0. The van der Waals surface area contributed by atoms with Crippen LogP contribution >= 0.6 is 11.3 Å². The van der Waals surface area contributed by atoms with Gasteiger partial charge in [-0.3, -0.25) is 4.84 Å². The Kier molecular flexibility index (Phi) is 2.32. The second kappa shape index (κ2) is 2.93. The highest BCUT2D eigenvalue weighted by atomic mass is 32.1. The third-order valence-electron chi connectivity index (χ3n) is 1.70. The van der Waals surface area contributed by atoms with Gasteiger partial charge >= 0.3 is 0 Å². The van der Waals surface area contributed by atoms with Crippen molar-refractivity contribution in [2.45, 2.75) is 26.4 Å². The molecule has 0 saturated carbocycles. The zero-order chi connectivity index (χ0) is 8.48. The van der Waals surface area contributed by atoms with Gasteiger partial charge in [-0.2, -0.15) is 0 Å². The van der Waals surface area contributed by atoms with E-state index in [9.17, 15) is 0 Å². The summed E-state index contributed by atoms with van der Waals surface area (Å²) in [7, 11) is 0. The van der Waals surface area contributed by atoms with E-state index in [4.69, 9.17) is 10.7 Å². The predicted molar refractivity (Wildman–Crippen MR) is 47.4 cm³/mol. The molecule has 0 atom stereocenters. The van der Waals surface area contributed by atoms with Crippen molar-refractivity contribution in [1.29, 1.82) is 0 Å². The first kappa shape index (κ1) is 8.71. The number of hydrogen-bond donors (Lipinski definition) is 1. The SMILES string of the molecule is Cc1ccsc1C(C)(C)ON. The van der Waals surface area contributed by atoms with Crippen LogP contribution in [0, 0.1) is 6.92 Å². The van der Waals surface area contributed by atoms with Gasteiger partial charge in [0, 0.05) is 4.88 Å². The lowest BCUT2D eigenvalue weighted by Gasteiger charge is -2.20. The van der Waals surface area contributed by atoms with Crippen molar-refractivity contribution in [1.82, 2.24) is 0 Å². The lowest BCUT2D eigenvalue weighted by molar-refractivity contribution is -0.0212. The van der Waals surface area contributed by atoms with Gasteiger partial charge in [0.25, 0.3) is 0 Å². The van der Waals surface area contributed by atoms with Crippen LogP contribution in [0.15, 0.2) is 11.4 Å². The van der Waals surface area contributed by atoms with Crippen LogP contribution < -0.4 is 5.90 Å². The summed E-state index contributed by atoms with van der Waals surface area (Å²) in [5.74, 6) is 5.17. The second-order valence-corrected chi connectivity index (χ2v) is 3.98. The summed E-state index contributed by atoms with van der Waals surface area (Å²) in [5.41, 5.74) is 0.892. The highest BCUT2D eigenvalue weighted by molar-refractivity contribution is 7.10. The Morgan fingerprint density at radius 3 is 2.55 bits per heavy atom. The van der Waals surface area contributed by atoms with E-state index >= 15 is 0 Å². The lowest BCUT2D eigenvalue weighted by Crippen LogP contribution is -2.24. The van der Waals surface area contributed by atoms with Crippen LogP contribution in [0.1, 0.15) is 24.3 Å². The van der Waals surface area contributed by atoms with E-state index in [0.717, 1.165) is 0 Å². The first-order valence-corrected chi connectivity index (χ1v) is 4.38. The standard InChI is InChI=1S/C8H13NOS/c1-6-4-5-11-7(6)8(2,3)10-9/h4-5H,9H2,1-3H3. The zero-order valence-corrected chi connectivity index (χ0v) is 7.87. The summed E-state index contributed by atoms with van der Waals surface area (Å²) in [6.07, 6.45) is 0. The van der Waals surface area contributed by atoms with Gasteiger partial charge in [-0.05, 0) is 37.8 Å². The highest BCUT2D eigenvalue weighted by Crippen LogP contribution is 2.30. The molecule has 2 N–H and O–H groups in total. The second-order valence-electron chi connectivity index (χ2n) is 3.06. The molecule has 1 aromatic heterocycles. The van der Waals surface area contributed by atoms with E-state index in [1.54, 1.807) is 11.3 Å². The van der Waals surface area contributed by atoms with Crippen LogP contribution in [0.2, 0.25) is 0 Å². The third-order valence-corrected chi connectivity index (χ3v) is 3.02. The van der Waals surface area contributed by atoms with Gasteiger partial charge in [0.15, 0.2) is 0 Å². The molecule has 3 heteroatoms. The third kappa shape index (κ3) is 1.61. The predicted octanol–water partition coefficient (Wildman–Crippen LogP) is 2.18. The van der Waals surface area contributed by atoms with Crippen LogP contribution in [0.5, 0.6) is 0 Å². The summed E-state index contributed by atoms with van der Waals surface area (Å²) < 4.78 is 0. The molecule has 0 aromatic carbocycles. The molecule has 1 heterocycles. The van der Waals surface area contributed by atoms with E-state index in [-0.39, 0.29) is 5.60 Å². The Labute approximate surface area is 70.9 Å². The van der Waals surface area contributed by atoms with Crippen molar-refractivity contribution in [2.24, 2.45) is 5.90 Å². The first-order chi connectivity index (χ1) is 5.08. The maximum Gasteiger partial charge on any atom is 0.118 e. The summed E-state index contributed by atoms with van der Waals surface area (Å²) in [6.45, 7) is 5.99. The average molecular weight is 171 g/mol. The quantitative estimate of drug-likeness (QED) is 0.692. The molecular formula is C8H13NOS. The fourth-order valence-corrected chi connectivity index (χ4v) is 2.04. The minimum atomic E-state index is -0.349. The van der Waals surface area contributed by atoms with Gasteiger partial charge in [-0.25, -0.2) is 5.90 Å². The summed E-state index contributed by atoms with van der Waals surface area (Å²) in [6, 6.07) is 2.07. The Hall–Kier alpha value is -0.380. The zero-order valence-electron chi connectivity index (χ0n) is 7.05. The maximum atomic E-state index is 5.17. The van der Waals surface area contributed by atoms with Crippen molar-refractivity contribution in [3.8, 4) is 0 Å². The Balaban J connectivity index is 3.00. The van der Waals surface area contributed by atoms with Gasteiger partial charge in [-0.1, -0.05) is 0 Å². The van der Waals surface area contributed by atoms with Gasteiger partial charge in [0.05, 0.1) is 0 Å². The van der Waals surface area contributed by atoms with Crippen LogP contribution in [0.4, 0.5) is 0 Å². The van der Waals surface area contributed by atoms with Crippen molar-refractivity contribution in [2.75, 3.05) is 0 Å². The minimum absolute atomic E-state index is 0.349. The molecule has 0 spiro atoms. The van der Waals surface area contributed by atoms with E-state index < -0.39 is 0 Å². The monoisotopic (exact) mass is 171 g/mol. The Morgan fingerprint density at radius 1 is 1.55 bits per heavy atom. The molecule has 11 heavy (non-hydrogen) atoms. The molecule has 0 unspecified atom stereocenters. The molecule has 0 saturated heterocycles. The van der Waals surface area contributed by atoms with Crippen molar-refractivity contribution >= 4 is 11.3 Å². The van der Waals surface area contributed by atoms with Crippen LogP contribution in [-0.4, -0.2) is 0 Å². The van der Waals surface area contributed by atoms with Gasteiger partial charge in [0.1, 0.15) is 5.60 Å². The van der Waals surface area contributed by atoms with Crippen LogP contribution in [-0.2, 0) is 10.4 Å². The number of aryl methyl sites for hydroxylation is 1. The topological polar surface area (TPSA) is 35.2 Å². The Bertz CT molecular complexity index is 242. The number of nitrogens with two attached hydrogens (primary N) is 1. The van der Waals surface area contributed by atoms with Crippen molar-refractivity contribution in [3.63, 3.8) is 0 Å². The van der Waals surface area contributed by atoms with Crippen LogP contribution in [0.25, 0.3) is 0 Å². The fourth-order valence-electron chi connectivity index (χ4n) is 1.04. The number of rotatable bonds is 2. The van der Waals surface area contributed by atoms with Crippen molar-refractivity contribution in [3.05, 3.63) is 21.9 Å². The van der Waals surface area contributed by atoms with E-state index in [1.807, 2.05) is 19.2 Å². The largest absolute Gasteiger partial charge is 0.293 e. The summed E-state index contributed by atoms with van der Waals surface area (Å²) in [4.78, 5) is 6.07. The molecule has 0 aliphatic heterocycles. The molecular weight excluding hydrogens is 158 g/mol. The molecule has 0 aliphatic rings. The molecule has 0 radical (unpaired) electrons. The number of thiophene rings is 1. The molecule has 62 valence electrons. The highest BCUT2D eigenvalue weighted by Gasteiger charge is 2.23.